The fourth-order valence-corrected chi connectivity index (χ4v) is 2.95. The highest BCUT2D eigenvalue weighted by atomic mass is 79.9. The fraction of sp³-hybridized carbons (Fsp3) is 0.294. The Morgan fingerprint density at radius 3 is 2.62 bits per heavy atom. The monoisotopic (exact) mass is 351 g/mol. The highest BCUT2D eigenvalue weighted by Gasteiger charge is 2.17. The van der Waals surface area contributed by atoms with Gasteiger partial charge in [0.2, 0.25) is 0 Å². The summed E-state index contributed by atoms with van der Waals surface area (Å²) < 4.78 is 20.4. The molecule has 112 valence electrons. The molecule has 1 unspecified atom stereocenters. The Hall–Kier alpha value is -1.39. The van der Waals surface area contributed by atoms with Crippen molar-refractivity contribution >= 4 is 15.9 Å². The van der Waals surface area contributed by atoms with E-state index in [0.717, 1.165) is 16.6 Å². The summed E-state index contributed by atoms with van der Waals surface area (Å²) in [4.78, 5) is 0. The van der Waals surface area contributed by atoms with Gasteiger partial charge in [0.05, 0.1) is 7.11 Å². The van der Waals surface area contributed by atoms with Crippen LogP contribution in [0.2, 0.25) is 0 Å². The van der Waals surface area contributed by atoms with E-state index in [0.29, 0.717) is 12.0 Å². The van der Waals surface area contributed by atoms with Gasteiger partial charge in [-0.2, -0.15) is 0 Å². The summed E-state index contributed by atoms with van der Waals surface area (Å²) >= 11 is 3.57. The van der Waals surface area contributed by atoms with E-state index in [4.69, 9.17) is 4.74 Å². The topological polar surface area (TPSA) is 21.3 Å². The molecule has 2 aromatic carbocycles. The summed E-state index contributed by atoms with van der Waals surface area (Å²) in [5, 5.41) is 3.42. The van der Waals surface area contributed by atoms with Crippen molar-refractivity contribution in [3.63, 3.8) is 0 Å². The average Bonchev–Trinajstić information content (AvgIpc) is 2.49. The number of benzene rings is 2. The van der Waals surface area contributed by atoms with Crippen LogP contribution in [0.3, 0.4) is 0 Å². The first kappa shape index (κ1) is 16.0. The number of methoxy groups -OCH3 is 1. The molecule has 2 rings (SSSR count). The van der Waals surface area contributed by atoms with Gasteiger partial charge >= 0.3 is 0 Å². The van der Waals surface area contributed by atoms with Gasteiger partial charge in [-0.25, -0.2) is 4.39 Å². The molecule has 2 nitrogen and oxygen atoms in total. The Labute approximate surface area is 133 Å². The predicted molar refractivity (Wildman–Crippen MR) is 87.2 cm³/mol. The van der Waals surface area contributed by atoms with Crippen LogP contribution >= 0.6 is 15.9 Å². The smallest absolute Gasteiger partial charge is 0.168 e. The second-order valence-corrected chi connectivity index (χ2v) is 5.62. The van der Waals surface area contributed by atoms with Crippen molar-refractivity contribution < 1.29 is 9.13 Å². The number of hydrogen-bond acceptors (Lipinski definition) is 2. The lowest BCUT2D eigenvalue weighted by Crippen LogP contribution is -2.23. The molecule has 0 aromatic heterocycles. The van der Waals surface area contributed by atoms with Crippen molar-refractivity contribution in [3.8, 4) is 5.75 Å². The first-order chi connectivity index (χ1) is 10.2. The minimum Gasteiger partial charge on any atom is -0.494 e. The molecule has 0 aliphatic heterocycles. The molecule has 0 fully saturated rings. The molecular weight excluding hydrogens is 333 g/mol. The number of hydrogen-bond donors (Lipinski definition) is 1. The Balaban J connectivity index is 2.31. The fourth-order valence-electron chi connectivity index (χ4n) is 2.39. The predicted octanol–water partition coefficient (Wildman–Crippen LogP) is 4.49. The van der Waals surface area contributed by atoms with Gasteiger partial charge in [0, 0.05) is 10.5 Å². The van der Waals surface area contributed by atoms with Crippen LogP contribution in [0.4, 0.5) is 4.39 Å². The first-order valence-corrected chi connectivity index (χ1v) is 7.75. The summed E-state index contributed by atoms with van der Waals surface area (Å²) in [6.45, 7) is 2.86. The molecule has 0 amide bonds. The van der Waals surface area contributed by atoms with Crippen LogP contribution in [0.5, 0.6) is 5.75 Å². The molecule has 0 saturated heterocycles. The lowest BCUT2D eigenvalue weighted by atomic mass is 9.98. The summed E-state index contributed by atoms with van der Waals surface area (Å²) in [6.07, 6.45) is 0.569. The molecule has 0 aliphatic rings. The number of ether oxygens (including phenoxy) is 1. The van der Waals surface area contributed by atoms with E-state index >= 15 is 0 Å². The zero-order chi connectivity index (χ0) is 15.2. The second-order valence-electron chi connectivity index (χ2n) is 4.77. The minimum absolute atomic E-state index is 0.0483. The average molecular weight is 352 g/mol. The zero-order valence-electron chi connectivity index (χ0n) is 12.2. The number of rotatable bonds is 6. The summed E-state index contributed by atoms with van der Waals surface area (Å²) in [5.41, 5.74) is 1.78. The van der Waals surface area contributed by atoms with Crippen LogP contribution in [0, 0.1) is 5.82 Å². The first-order valence-electron chi connectivity index (χ1n) is 6.96. The molecule has 0 heterocycles. The van der Waals surface area contributed by atoms with Crippen molar-refractivity contribution in [1.29, 1.82) is 0 Å². The van der Waals surface area contributed by atoms with E-state index in [2.05, 4.69) is 27.3 Å². The molecule has 0 aliphatic carbocycles. The maximum Gasteiger partial charge on any atom is 0.168 e. The SMILES string of the molecule is CCNC(Cc1cccc(OC)c1F)c1ccccc1Br. The Morgan fingerprint density at radius 2 is 1.95 bits per heavy atom. The van der Waals surface area contributed by atoms with Gasteiger partial charge in [0.1, 0.15) is 0 Å². The van der Waals surface area contributed by atoms with Crippen LogP contribution in [-0.2, 0) is 6.42 Å². The van der Waals surface area contributed by atoms with Gasteiger partial charge in [0.25, 0.3) is 0 Å². The molecular formula is C17H19BrFNO. The third-order valence-corrected chi connectivity index (χ3v) is 4.14. The van der Waals surface area contributed by atoms with Crippen molar-refractivity contribution in [3.05, 3.63) is 63.9 Å². The molecule has 0 radical (unpaired) electrons. The van der Waals surface area contributed by atoms with Gasteiger partial charge in [-0.15, -0.1) is 0 Å². The third-order valence-electron chi connectivity index (χ3n) is 3.42. The number of likely N-dealkylation sites (N-methyl/N-ethyl adjacent to an activating group) is 1. The van der Waals surface area contributed by atoms with Crippen LogP contribution in [0.25, 0.3) is 0 Å². The summed E-state index contributed by atoms with van der Waals surface area (Å²) in [7, 11) is 1.48. The van der Waals surface area contributed by atoms with Crippen molar-refractivity contribution in [2.45, 2.75) is 19.4 Å². The van der Waals surface area contributed by atoms with Crippen LogP contribution in [0.15, 0.2) is 46.9 Å². The van der Waals surface area contributed by atoms with E-state index in [1.165, 1.54) is 7.11 Å². The molecule has 0 bridgehead atoms. The lowest BCUT2D eigenvalue weighted by Gasteiger charge is -2.20. The van der Waals surface area contributed by atoms with Gasteiger partial charge in [-0.05, 0) is 36.2 Å². The number of halogens is 2. The van der Waals surface area contributed by atoms with Crippen LogP contribution in [-0.4, -0.2) is 13.7 Å². The molecule has 0 saturated carbocycles. The molecule has 0 spiro atoms. The zero-order valence-corrected chi connectivity index (χ0v) is 13.8. The standard InChI is InChI=1S/C17H19BrFNO/c1-3-20-15(13-8-4-5-9-14(13)18)11-12-7-6-10-16(21-2)17(12)19/h4-10,15,20H,3,11H2,1-2H3. The van der Waals surface area contributed by atoms with Gasteiger partial charge in [-0.1, -0.05) is 53.2 Å². The largest absolute Gasteiger partial charge is 0.494 e. The quantitative estimate of drug-likeness (QED) is 0.827. The van der Waals surface area contributed by atoms with E-state index in [1.54, 1.807) is 12.1 Å². The Morgan fingerprint density at radius 1 is 1.19 bits per heavy atom. The molecule has 1 atom stereocenters. The highest BCUT2D eigenvalue weighted by Crippen LogP contribution is 2.28. The Bertz CT molecular complexity index is 603. The Kier molecular flexibility index (Phi) is 5.76. The van der Waals surface area contributed by atoms with Gasteiger partial charge in [-0.3, -0.25) is 0 Å². The van der Waals surface area contributed by atoms with E-state index in [-0.39, 0.29) is 17.6 Å². The molecule has 2 aromatic rings. The lowest BCUT2D eigenvalue weighted by molar-refractivity contribution is 0.382. The van der Waals surface area contributed by atoms with Crippen molar-refractivity contribution in [2.75, 3.05) is 13.7 Å². The van der Waals surface area contributed by atoms with E-state index in [1.807, 2.05) is 31.2 Å². The van der Waals surface area contributed by atoms with Crippen LogP contribution < -0.4 is 10.1 Å². The summed E-state index contributed by atoms with van der Waals surface area (Å²) in [5.74, 6) is 0.00447. The third kappa shape index (κ3) is 3.83. The summed E-state index contributed by atoms with van der Waals surface area (Å²) in [6, 6.07) is 13.3. The van der Waals surface area contributed by atoms with Gasteiger partial charge in [0.15, 0.2) is 11.6 Å². The molecule has 4 heteroatoms. The second kappa shape index (κ2) is 7.57. The highest BCUT2D eigenvalue weighted by molar-refractivity contribution is 9.10. The van der Waals surface area contributed by atoms with Gasteiger partial charge < -0.3 is 10.1 Å². The van der Waals surface area contributed by atoms with E-state index in [9.17, 15) is 4.39 Å². The minimum atomic E-state index is -0.282. The molecule has 21 heavy (non-hydrogen) atoms. The number of nitrogens with one attached hydrogen (secondary N) is 1. The van der Waals surface area contributed by atoms with Crippen LogP contribution in [0.1, 0.15) is 24.1 Å². The maximum atomic E-state index is 14.3. The van der Waals surface area contributed by atoms with Crippen molar-refractivity contribution in [2.24, 2.45) is 0 Å². The van der Waals surface area contributed by atoms with E-state index < -0.39 is 0 Å². The van der Waals surface area contributed by atoms with Crippen molar-refractivity contribution in [1.82, 2.24) is 5.32 Å². The molecule has 1 N–H and O–H groups in total. The normalized spacial score (nSPS) is 12.2. The maximum absolute atomic E-state index is 14.3.